The van der Waals surface area contributed by atoms with Crippen LogP contribution < -0.4 is 0 Å². The van der Waals surface area contributed by atoms with E-state index in [-0.39, 0.29) is 6.29 Å². The first-order valence-corrected chi connectivity index (χ1v) is 2.34. The van der Waals surface area contributed by atoms with Gasteiger partial charge in [0.05, 0.1) is 0 Å². The molecule has 0 aliphatic carbocycles. The van der Waals surface area contributed by atoms with Crippen LogP contribution in [0, 0.1) is 0 Å². The largest absolute Gasteiger partial charge is 0.388 e. The molecule has 1 unspecified atom stereocenters. The first kappa shape index (κ1) is 5.03. The van der Waals surface area contributed by atoms with Crippen LogP contribution in [0.15, 0.2) is 0 Å². The minimum absolute atomic E-state index is 0.329. The number of aliphatic hydroxyl groups is 1. The van der Waals surface area contributed by atoms with Crippen molar-refractivity contribution in [1.82, 2.24) is 0 Å². The van der Waals surface area contributed by atoms with Gasteiger partial charge in [-0.3, -0.25) is 0 Å². The minimum Gasteiger partial charge on any atom is -0.388 e. The van der Waals surface area contributed by atoms with E-state index in [1.54, 1.807) is 0 Å². The van der Waals surface area contributed by atoms with Gasteiger partial charge in [-0.15, -0.1) is 0 Å². The predicted molar refractivity (Wildman–Crippen MR) is 22.3 cm³/mol. The Bertz CT molecular complexity index is 60.0. The number of aliphatic hydroxyl groups excluding tert-OH is 1. The summed E-state index contributed by atoms with van der Waals surface area (Å²) in [6, 6.07) is 0. The second kappa shape index (κ2) is 1.78. The number of hydrogen-bond donors (Lipinski definition) is 1. The highest BCUT2D eigenvalue weighted by molar-refractivity contribution is 4.58. The Morgan fingerprint density at radius 1 is 1.71 bits per heavy atom. The summed E-state index contributed by atoms with van der Waals surface area (Å²) in [5.41, 5.74) is 0. The van der Waals surface area contributed by atoms with E-state index in [2.05, 4.69) is 9.78 Å². The van der Waals surface area contributed by atoms with Crippen LogP contribution in [0.3, 0.4) is 0 Å². The van der Waals surface area contributed by atoms with E-state index in [0.29, 0.717) is 6.42 Å². The van der Waals surface area contributed by atoms with Crippen molar-refractivity contribution in [2.24, 2.45) is 0 Å². The average molecular weight is 104 g/mol. The van der Waals surface area contributed by atoms with E-state index in [0.717, 1.165) is 0 Å². The second-order valence-electron chi connectivity index (χ2n) is 1.54. The molecule has 7 heavy (non-hydrogen) atoms. The molecule has 0 amide bonds. The fraction of sp³-hybridized carbons (Fsp3) is 1.00. The summed E-state index contributed by atoms with van der Waals surface area (Å²) in [6.45, 7) is 1.87. The van der Waals surface area contributed by atoms with Crippen molar-refractivity contribution in [3.8, 4) is 0 Å². The van der Waals surface area contributed by atoms with Gasteiger partial charge in [-0.25, -0.2) is 0 Å². The Balaban J connectivity index is 2.10. The van der Waals surface area contributed by atoms with Gasteiger partial charge >= 0.3 is 0 Å². The molecule has 0 radical (unpaired) electrons. The van der Waals surface area contributed by atoms with Crippen LogP contribution in [0.25, 0.3) is 0 Å². The van der Waals surface area contributed by atoms with Crippen molar-refractivity contribution in [2.75, 3.05) is 0 Å². The summed E-state index contributed by atoms with van der Waals surface area (Å²) < 4.78 is 0. The lowest BCUT2D eigenvalue weighted by molar-refractivity contribution is 0.0850. The SMILES string of the molecule is CCC(O)C1OO1. The Labute approximate surface area is 41.8 Å². The standard InChI is InChI=1S/C4H8O3/c1-2-3(5)4-6-7-4/h3-5H,2H2,1H3. The number of hydrogen-bond acceptors (Lipinski definition) is 3. The molecule has 0 aromatic heterocycles. The third kappa shape index (κ3) is 1.12. The predicted octanol–water partition coefficient (Wildman–Crippen LogP) is 0.0452. The third-order valence-corrected chi connectivity index (χ3v) is 0.940. The van der Waals surface area contributed by atoms with Crippen molar-refractivity contribution in [1.29, 1.82) is 0 Å². The molecule has 3 heteroatoms. The van der Waals surface area contributed by atoms with E-state index in [1.165, 1.54) is 0 Å². The molecule has 1 saturated heterocycles. The zero-order chi connectivity index (χ0) is 5.28. The molecule has 1 rings (SSSR count). The van der Waals surface area contributed by atoms with E-state index >= 15 is 0 Å². The lowest BCUT2D eigenvalue weighted by atomic mass is 10.3. The van der Waals surface area contributed by atoms with Crippen LogP contribution >= 0.6 is 0 Å². The van der Waals surface area contributed by atoms with E-state index < -0.39 is 6.10 Å². The van der Waals surface area contributed by atoms with Gasteiger partial charge in [0.15, 0.2) is 0 Å². The summed E-state index contributed by atoms with van der Waals surface area (Å²) in [6.07, 6.45) is -0.0741. The Hall–Kier alpha value is -0.120. The molecular weight excluding hydrogens is 96.0 g/mol. The monoisotopic (exact) mass is 104 g/mol. The lowest BCUT2D eigenvalue weighted by Crippen LogP contribution is -2.11. The third-order valence-electron chi connectivity index (χ3n) is 0.940. The summed E-state index contributed by atoms with van der Waals surface area (Å²) in [7, 11) is 0. The van der Waals surface area contributed by atoms with Crippen molar-refractivity contribution >= 4 is 0 Å². The molecule has 1 heterocycles. The molecule has 1 aliphatic heterocycles. The van der Waals surface area contributed by atoms with Gasteiger partial charge in [0.1, 0.15) is 6.10 Å². The molecule has 1 N–H and O–H groups in total. The minimum atomic E-state index is -0.431. The molecule has 0 aromatic carbocycles. The van der Waals surface area contributed by atoms with Gasteiger partial charge in [-0.05, 0) is 6.42 Å². The normalized spacial score (nSPS) is 24.9. The molecule has 1 atom stereocenters. The molecule has 3 nitrogen and oxygen atoms in total. The Kier molecular flexibility index (Phi) is 1.27. The molecule has 1 fully saturated rings. The number of rotatable bonds is 2. The molecule has 0 bridgehead atoms. The van der Waals surface area contributed by atoms with Crippen LogP contribution in [-0.4, -0.2) is 17.5 Å². The van der Waals surface area contributed by atoms with Crippen LogP contribution in [0.2, 0.25) is 0 Å². The molecule has 0 saturated carbocycles. The molecule has 0 aromatic rings. The highest BCUT2D eigenvalue weighted by atomic mass is 17.4. The fourth-order valence-electron chi connectivity index (χ4n) is 0.353. The summed E-state index contributed by atoms with van der Waals surface area (Å²) in [4.78, 5) is 8.62. The van der Waals surface area contributed by atoms with Gasteiger partial charge in [-0.2, -0.15) is 9.78 Å². The van der Waals surface area contributed by atoms with E-state index in [1.807, 2.05) is 6.92 Å². The average Bonchev–Trinajstić information content (AvgIpc) is 2.44. The maximum Gasteiger partial charge on any atom is 0.250 e. The maximum absolute atomic E-state index is 8.75. The molecule has 42 valence electrons. The summed E-state index contributed by atoms with van der Waals surface area (Å²) in [5.74, 6) is 0. The van der Waals surface area contributed by atoms with Gasteiger partial charge < -0.3 is 5.11 Å². The van der Waals surface area contributed by atoms with Gasteiger partial charge in [0.2, 0.25) is 6.29 Å². The second-order valence-corrected chi connectivity index (χ2v) is 1.54. The first-order chi connectivity index (χ1) is 3.34. The summed E-state index contributed by atoms with van der Waals surface area (Å²) >= 11 is 0. The van der Waals surface area contributed by atoms with E-state index in [9.17, 15) is 0 Å². The molecule has 0 spiro atoms. The van der Waals surface area contributed by atoms with Crippen molar-refractivity contribution in [3.63, 3.8) is 0 Å². The maximum atomic E-state index is 8.75. The smallest absolute Gasteiger partial charge is 0.250 e. The topological polar surface area (TPSA) is 45.3 Å². The van der Waals surface area contributed by atoms with Crippen LogP contribution in [0.4, 0.5) is 0 Å². The summed E-state index contributed by atoms with van der Waals surface area (Å²) in [5, 5.41) is 8.75. The van der Waals surface area contributed by atoms with Crippen LogP contribution in [0.1, 0.15) is 13.3 Å². The molecule has 1 aliphatic rings. The van der Waals surface area contributed by atoms with Gasteiger partial charge in [0, 0.05) is 0 Å². The van der Waals surface area contributed by atoms with Crippen LogP contribution in [0.5, 0.6) is 0 Å². The quantitative estimate of drug-likeness (QED) is 0.397. The zero-order valence-corrected chi connectivity index (χ0v) is 4.13. The van der Waals surface area contributed by atoms with Crippen molar-refractivity contribution < 1.29 is 14.9 Å². The molecular formula is C4H8O3. The van der Waals surface area contributed by atoms with Gasteiger partial charge in [0.25, 0.3) is 0 Å². The van der Waals surface area contributed by atoms with Crippen molar-refractivity contribution in [3.05, 3.63) is 0 Å². The van der Waals surface area contributed by atoms with Gasteiger partial charge in [-0.1, -0.05) is 6.92 Å². The van der Waals surface area contributed by atoms with E-state index in [4.69, 9.17) is 5.11 Å². The fourth-order valence-corrected chi connectivity index (χ4v) is 0.353. The van der Waals surface area contributed by atoms with Crippen molar-refractivity contribution in [2.45, 2.75) is 25.7 Å². The zero-order valence-electron chi connectivity index (χ0n) is 4.13. The Morgan fingerprint density at radius 2 is 2.29 bits per heavy atom. The highest BCUT2D eigenvalue weighted by Crippen LogP contribution is 2.17. The highest BCUT2D eigenvalue weighted by Gasteiger charge is 2.32. The Morgan fingerprint density at radius 3 is 2.43 bits per heavy atom. The lowest BCUT2D eigenvalue weighted by Gasteiger charge is -1.94. The first-order valence-electron chi connectivity index (χ1n) is 2.34. The van der Waals surface area contributed by atoms with Crippen LogP contribution in [-0.2, 0) is 9.78 Å².